The molecule has 1 nitrogen and oxygen atoms in total. The van der Waals surface area contributed by atoms with Crippen LogP contribution in [0.5, 0.6) is 0 Å². The molecular weight excluding hydrogens is 238 g/mol. The minimum Gasteiger partial charge on any atom is -0.226 e. The van der Waals surface area contributed by atoms with E-state index in [1.165, 1.54) is 12.8 Å². The van der Waals surface area contributed by atoms with E-state index in [4.69, 9.17) is 12.2 Å². The monoisotopic (exact) mass is 263 g/mol. The molecule has 0 spiro atoms. The van der Waals surface area contributed by atoms with Crippen LogP contribution in [-0.2, 0) is 0 Å². The first-order valence-electron chi connectivity index (χ1n) is 7.26. The Balaban J connectivity index is 2.30. The second-order valence-corrected chi connectivity index (χ2v) is 6.99. The number of fused-ring (bicyclic) bond motifs is 1. The van der Waals surface area contributed by atoms with Crippen molar-refractivity contribution in [3.05, 3.63) is 11.6 Å². The molecule has 0 amide bonds. The standard InChI is InChI=1S/C16H25NS/c1-11(2)13-6-5-12(3)14-7-8-16(4,17-10-18)9-15(13)14/h7,11-13,15H,5-6,8-9H2,1-4H3. The molecular formula is C16H25NS. The number of rotatable bonds is 2. The van der Waals surface area contributed by atoms with E-state index in [2.05, 4.69) is 43.9 Å². The van der Waals surface area contributed by atoms with Gasteiger partial charge in [-0.1, -0.05) is 32.4 Å². The van der Waals surface area contributed by atoms with E-state index in [9.17, 15) is 0 Å². The summed E-state index contributed by atoms with van der Waals surface area (Å²) in [5, 5.41) is 2.61. The summed E-state index contributed by atoms with van der Waals surface area (Å²) in [5.74, 6) is 3.09. The molecule has 0 N–H and O–H groups in total. The van der Waals surface area contributed by atoms with Gasteiger partial charge in [-0.05, 0) is 68.5 Å². The third kappa shape index (κ3) is 2.60. The van der Waals surface area contributed by atoms with E-state index >= 15 is 0 Å². The van der Waals surface area contributed by atoms with Gasteiger partial charge in [0.05, 0.1) is 10.7 Å². The number of isothiocyanates is 1. The molecule has 2 heteroatoms. The van der Waals surface area contributed by atoms with E-state index in [1.807, 2.05) is 0 Å². The number of hydrogen-bond acceptors (Lipinski definition) is 2. The summed E-state index contributed by atoms with van der Waals surface area (Å²) in [4.78, 5) is 4.45. The van der Waals surface area contributed by atoms with Gasteiger partial charge in [-0.15, -0.1) is 0 Å². The lowest BCUT2D eigenvalue weighted by Gasteiger charge is -2.45. The molecule has 0 aromatic heterocycles. The third-order valence-corrected chi connectivity index (χ3v) is 5.15. The predicted molar refractivity (Wildman–Crippen MR) is 81.0 cm³/mol. The number of nitrogens with zero attached hydrogens (tertiary/aromatic N) is 1. The molecule has 0 bridgehead atoms. The fourth-order valence-electron chi connectivity index (χ4n) is 3.94. The van der Waals surface area contributed by atoms with E-state index in [-0.39, 0.29) is 5.54 Å². The van der Waals surface area contributed by atoms with Crippen LogP contribution in [0.1, 0.15) is 53.4 Å². The zero-order valence-corrected chi connectivity index (χ0v) is 12.9. The molecule has 1 fully saturated rings. The van der Waals surface area contributed by atoms with Crippen molar-refractivity contribution in [3.63, 3.8) is 0 Å². The Morgan fingerprint density at radius 3 is 2.78 bits per heavy atom. The Morgan fingerprint density at radius 1 is 1.44 bits per heavy atom. The van der Waals surface area contributed by atoms with Crippen LogP contribution in [0.4, 0.5) is 0 Å². The minimum absolute atomic E-state index is 0.000116. The summed E-state index contributed by atoms with van der Waals surface area (Å²) >= 11 is 4.82. The molecule has 0 aliphatic heterocycles. The van der Waals surface area contributed by atoms with Gasteiger partial charge in [0, 0.05) is 0 Å². The lowest BCUT2D eigenvalue weighted by atomic mass is 9.61. The molecule has 1 saturated carbocycles. The van der Waals surface area contributed by atoms with Crippen LogP contribution < -0.4 is 0 Å². The van der Waals surface area contributed by atoms with Crippen LogP contribution in [-0.4, -0.2) is 10.7 Å². The van der Waals surface area contributed by atoms with Crippen LogP contribution in [0.25, 0.3) is 0 Å². The highest BCUT2D eigenvalue weighted by Crippen LogP contribution is 2.49. The molecule has 2 rings (SSSR count). The quantitative estimate of drug-likeness (QED) is 0.393. The van der Waals surface area contributed by atoms with Gasteiger partial charge >= 0.3 is 0 Å². The van der Waals surface area contributed by atoms with Crippen molar-refractivity contribution in [3.8, 4) is 0 Å². The van der Waals surface area contributed by atoms with Crippen LogP contribution in [0, 0.1) is 23.7 Å². The van der Waals surface area contributed by atoms with Gasteiger partial charge in [-0.25, -0.2) is 4.99 Å². The highest BCUT2D eigenvalue weighted by atomic mass is 32.1. The zero-order valence-electron chi connectivity index (χ0n) is 12.1. The van der Waals surface area contributed by atoms with Crippen molar-refractivity contribution in [1.29, 1.82) is 0 Å². The molecule has 2 aliphatic carbocycles. The Hall–Kier alpha value is -0.460. The second-order valence-electron chi connectivity index (χ2n) is 6.81. The summed E-state index contributed by atoms with van der Waals surface area (Å²) in [6.45, 7) is 9.36. The van der Waals surface area contributed by atoms with E-state index < -0.39 is 0 Å². The van der Waals surface area contributed by atoms with Crippen molar-refractivity contribution in [2.75, 3.05) is 0 Å². The summed E-state index contributed by atoms with van der Waals surface area (Å²) in [5.41, 5.74) is 1.71. The van der Waals surface area contributed by atoms with Gasteiger partial charge in [0.15, 0.2) is 0 Å². The summed E-state index contributed by atoms with van der Waals surface area (Å²) in [6.07, 6.45) is 7.40. The normalized spacial score (nSPS) is 39.8. The topological polar surface area (TPSA) is 12.4 Å². The molecule has 4 atom stereocenters. The molecule has 0 heterocycles. The van der Waals surface area contributed by atoms with E-state index in [0.29, 0.717) is 0 Å². The lowest BCUT2D eigenvalue weighted by Crippen LogP contribution is -2.39. The minimum atomic E-state index is 0.000116. The van der Waals surface area contributed by atoms with Crippen molar-refractivity contribution in [2.24, 2.45) is 28.7 Å². The van der Waals surface area contributed by atoms with Crippen LogP contribution in [0.15, 0.2) is 16.6 Å². The molecule has 18 heavy (non-hydrogen) atoms. The molecule has 2 aliphatic rings. The Bertz CT molecular complexity index is 392. The molecule has 0 aromatic rings. The van der Waals surface area contributed by atoms with Crippen molar-refractivity contribution >= 4 is 17.4 Å². The first kappa shape index (κ1) is 14.0. The Labute approximate surface area is 117 Å². The maximum absolute atomic E-state index is 4.82. The van der Waals surface area contributed by atoms with Gasteiger partial charge in [0.2, 0.25) is 0 Å². The smallest absolute Gasteiger partial charge is 0.0723 e. The SMILES string of the molecule is CC1CCC(C(C)C)C2CC(C)(N=C=S)CC=C12. The van der Waals surface area contributed by atoms with Crippen molar-refractivity contribution in [2.45, 2.75) is 58.9 Å². The van der Waals surface area contributed by atoms with Crippen molar-refractivity contribution < 1.29 is 0 Å². The molecule has 0 aromatic carbocycles. The molecule has 0 saturated heterocycles. The van der Waals surface area contributed by atoms with Crippen LogP contribution >= 0.6 is 12.2 Å². The number of aliphatic imine (C=N–C) groups is 1. The van der Waals surface area contributed by atoms with Gasteiger partial charge in [0.1, 0.15) is 0 Å². The predicted octanol–water partition coefficient (Wildman–Crippen LogP) is 4.89. The van der Waals surface area contributed by atoms with E-state index in [1.54, 1.807) is 5.57 Å². The Morgan fingerprint density at radius 2 is 2.17 bits per heavy atom. The Kier molecular flexibility index (Phi) is 4.08. The second kappa shape index (κ2) is 5.27. The first-order valence-corrected chi connectivity index (χ1v) is 7.66. The van der Waals surface area contributed by atoms with Gasteiger partial charge in [0.25, 0.3) is 0 Å². The highest BCUT2D eigenvalue weighted by molar-refractivity contribution is 7.78. The average molecular weight is 263 g/mol. The third-order valence-electron chi connectivity index (χ3n) is 5.06. The summed E-state index contributed by atoms with van der Waals surface area (Å²) in [6, 6.07) is 0. The number of hydrogen-bond donors (Lipinski definition) is 0. The lowest BCUT2D eigenvalue weighted by molar-refractivity contribution is 0.160. The molecule has 4 unspecified atom stereocenters. The van der Waals surface area contributed by atoms with Gasteiger partial charge < -0.3 is 0 Å². The zero-order chi connectivity index (χ0) is 13.3. The fraction of sp³-hybridized carbons (Fsp3) is 0.812. The summed E-state index contributed by atoms with van der Waals surface area (Å²) in [7, 11) is 0. The van der Waals surface area contributed by atoms with Gasteiger partial charge in [-0.3, -0.25) is 0 Å². The molecule has 0 radical (unpaired) electrons. The number of allylic oxidation sites excluding steroid dienone is 1. The van der Waals surface area contributed by atoms with Gasteiger partial charge in [-0.2, -0.15) is 0 Å². The molecule has 100 valence electrons. The average Bonchev–Trinajstić information content (AvgIpc) is 2.28. The maximum atomic E-state index is 4.82. The largest absolute Gasteiger partial charge is 0.226 e. The fourth-order valence-corrected chi connectivity index (χ4v) is 4.16. The van der Waals surface area contributed by atoms with Crippen LogP contribution in [0.3, 0.4) is 0 Å². The first-order chi connectivity index (χ1) is 8.47. The highest BCUT2D eigenvalue weighted by Gasteiger charge is 2.41. The van der Waals surface area contributed by atoms with E-state index in [0.717, 1.165) is 36.5 Å². The number of thiocarbonyl (C=S) groups is 1. The summed E-state index contributed by atoms with van der Waals surface area (Å²) < 4.78 is 0. The maximum Gasteiger partial charge on any atom is 0.0723 e. The van der Waals surface area contributed by atoms with Crippen LogP contribution in [0.2, 0.25) is 0 Å². The van der Waals surface area contributed by atoms with Crippen molar-refractivity contribution in [1.82, 2.24) is 0 Å².